The lowest BCUT2D eigenvalue weighted by molar-refractivity contribution is -0.139. The van der Waals surface area contributed by atoms with Crippen molar-refractivity contribution in [3.05, 3.63) is 24.5 Å². The zero-order valence-electron chi connectivity index (χ0n) is 14.8. The van der Waals surface area contributed by atoms with E-state index in [0.717, 1.165) is 45.3 Å². The fraction of sp³-hybridized carbons (Fsp3) is 0.684. The maximum absolute atomic E-state index is 12.6. The second-order valence-corrected chi connectivity index (χ2v) is 7.10. The van der Waals surface area contributed by atoms with Crippen molar-refractivity contribution in [1.29, 1.82) is 0 Å². The molecule has 1 aliphatic heterocycles. The molecule has 138 valence electrons. The van der Waals surface area contributed by atoms with Gasteiger partial charge in [-0.2, -0.15) is 0 Å². The van der Waals surface area contributed by atoms with Crippen LogP contribution in [0.2, 0.25) is 0 Å². The van der Waals surface area contributed by atoms with Gasteiger partial charge in [0.1, 0.15) is 18.0 Å². The number of aromatic nitrogens is 1. The molecule has 2 heterocycles. The monoisotopic (exact) mass is 348 g/mol. The summed E-state index contributed by atoms with van der Waals surface area (Å²) in [5.41, 5.74) is 0. The first kappa shape index (κ1) is 18.1. The molecule has 2 fully saturated rings. The SMILES string of the molecule is CN(C(=O)CC1CCOCC1)[C@@H]1CCC[C@@H](Oc2cccnc2)[C@@H]1O. The van der Waals surface area contributed by atoms with Gasteiger partial charge in [-0.05, 0) is 50.2 Å². The van der Waals surface area contributed by atoms with Crippen LogP contribution in [0.3, 0.4) is 0 Å². The Morgan fingerprint density at radius 1 is 1.36 bits per heavy atom. The van der Waals surface area contributed by atoms with E-state index in [-0.39, 0.29) is 18.1 Å². The molecule has 3 atom stereocenters. The number of aliphatic hydroxyl groups is 1. The van der Waals surface area contributed by atoms with Gasteiger partial charge in [-0.1, -0.05) is 0 Å². The van der Waals surface area contributed by atoms with Crippen LogP contribution in [0.5, 0.6) is 5.75 Å². The zero-order chi connectivity index (χ0) is 17.6. The summed E-state index contributed by atoms with van der Waals surface area (Å²) in [6.45, 7) is 1.49. The number of amides is 1. The van der Waals surface area contributed by atoms with Crippen LogP contribution >= 0.6 is 0 Å². The third kappa shape index (κ3) is 4.70. The summed E-state index contributed by atoms with van der Waals surface area (Å²) in [7, 11) is 1.81. The summed E-state index contributed by atoms with van der Waals surface area (Å²) < 4.78 is 11.3. The van der Waals surface area contributed by atoms with Crippen LogP contribution in [-0.4, -0.2) is 59.4 Å². The predicted molar refractivity (Wildman–Crippen MR) is 93.2 cm³/mol. The number of ether oxygens (including phenoxy) is 2. The fourth-order valence-electron chi connectivity index (χ4n) is 3.79. The lowest BCUT2D eigenvalue weighted by Gasteiger charge is -2.40. The second kappa shape index (κ2) is 8.63. The average molecular weight is 348 g/mol. The molecule has 25 heavy (non-hydrogen) atoms. The van der Waals surface area contributed by atoms with Crippen molar-refractivity contribution >= 4 is 5.91 Å². The Labute approximate surface area is 149 Å². The molecule has 0 bridgehead atoms. The van der Waals surface area contributed by atoms with Crippen LogP contribution in [-0.2, 0) is 9.53 Å². The number of hydrogen-bond acceptors (Lipinski definition) is 5. The number of likely N-dealkylation sites (N-methyl/N-ethyl adjacent to an activating group) is 1. The molecule has 1 aliphatic carbocycles. The molecule has 1 amide bonds. The Kier molecular flexibility index (Phi) is 6.26. The molecule has 1 aromatic heterocycles. The molecule has 1 N–H and O–H groups in total. The molecular weight excluding hydrogens is 320 g/mol. The fourth-order valence-corrected chi connectivity index (χ4v) is 3.79. The molecule has 1 saturated carbocycles. The topological polar surface area (TPSA) is 71.9 Å². The van der Waals surface area contributed by atoms with Crippen LogP contribution in [0.4, 0.5) is 0 Å². The number of carbonyl (C=O) groups is 1. The van der Waals surface area contributed by atoms with E-state index in [4.69, 9.17) is 9.47 Å². The molecule has 0 aromatic carbocycles. The maximum Gasteiger partial charge on any atom is 0.222 e. The molecule has 0 radical (unpaired) electrons. The van der Waals surface area contributed by atoms with Gasteiger partial charge in [-0.3, -0.25) is 9.78 Å². The largest absolute Gasteiger partial charge is 0.486 e. The maximum atomic E-state index is 12.6. The Balaban J connectivity index is 1.57. The highest BCUT2D eigenvalue weighted by atomic mass is 16.5. The van der Waals surface area contributed by atoms with Crippen LogP contribution < -0.4 is 4.74 Å². The van der Waals surface area contributed by atoms with Gasteiger partial charge in [-0.15, -0.1) is 0 Å². The average Bonchev–Trinajstić information content (AvgIpc) is 2.64. The number of aliphatic hydroxyl groups excluding tert-OH is 1. The van der Waals surface area contributed by atoms with E-state index in [1.54, 1.807) is 17.3 Å². The van der Waals surface area contributed by atoms with Gasteiger partial charge in [0.2, 0.25) is 5.91 Å². The van der Waals surface area contributed by atoms with Gasteiger partial charge >= 0.3 is 0 Å². The summed E-state index contributed by atoms with van der Waals surface area (Å²) in [6.07, 6.45) is 7.31. The molecule has 1 aromatic rings. The van der Waals surface area contributed by atoms with Crippen LogP contribution in [0.25, 0.3) is 0 Å². The minimum absolute atomic E-state index is 0.109. The Bertz CT molecular complexity index is 548. The van der Waals surface area contributed by atoms with Gasteiger partial charge in [0.25, 0.3) is 0 Å². The molecule has 0 unspecified atom stereocenters. The standard InChI is InChI=1S/C19H28N2O4/c1-21(18(22)12-14-7-10-24-11-8-14)16-5-2-6-17(19(16)23)25-15-4-3-9-20-13-15/h3-4,9,13-14,16-17,19,23H,2,5-8,10-12H2,1H3/t16-,17-,19-/m1/s1. The van der Waals surface area contributed by atoms with E-state index in [1.807, 2.05) is 19.2 Å². The van der Waals surface area contributed by atoms with Crippen LogP contribution in [0.1, 0.15) is 38.5 Å². The van der Waals surface area contributed by atoms with Gasteiger partial charge in [0.05, 0.1) is 12.2 Å². The van der Waals surface area contributed by atoms with Crippen molar-refractivity contribution < 1.29 is 19.4 Å². The summed E-state index contributed by atoms with van der Waals surface area (Å²) in [6, 6.07) is 3.46. The lowest BCUT2D eigenvalue weighted by Crippen LogP contribution is -2.53. The Morgan fingerprint density at radius 2 is 2.16 bits per heavy atom. The molecule has 6 nitrogen and oxygen atoms in total. The van der Waals surface area contributed by atoms with Gasteiger partial charge < -0.3 is 19.5 Å². The number of hydrogen-bond donors (Lipinski definition) is 1. The van der Waals surface area contributed by atoms with E-state index in [0.29, 0.717) is 18.1 Å². The summed E-state index contributed by atoms with van der Waals surface area (Å²) >= 11 is 0. The van der Waals surface area contributed by atoms with Crippen molar-refractivity contribution in [2.45, 2.75) is 56.8 Å². The number of nitrogens with zero attached hydrogens (tertiary/aromatic N) is 2. The first-order chi connectivity index (χ1) is 12.1. The van der Waals surface area contributed by atoms with Crippen LogP contribution in [0.15, 0.2) is 24.5 Å². The van der Waals surface area contributed by atoms with Crippen LogP contribution in [0, 0.1) is 5.92 Å². The third-order valence-corrected chi connectivity index (χ3v) is 5.38. The molecule has 6 heteroatoms. The first-order valence-electron chi connectivity index (χ1n) is 9.23. The quantitative estimate of drug-likeness (QED) is 0.881. The van der Waals surface area contributed by atoms with E-state index in [9.17, 15) is 9.90 Å². The molecule has 0 spiro atoms. The summed E-state index contributed by atoms with van der Waals surface area (Å²) in [4.78, 5) is 18.4. The highest BCUT2D eigenvalue weighted by Crippen LogP contribution is 2.28. The van der Waals surface area contributed by atoms with Crippen molar-refractivity contribution in [3.63, 3.8) is 0 Å². The smallest absolute Gasteiger partial charge is 0.222 e. The second-order valence-electron chi connectivity index (χ2n) is 7.10. The molecular formula is C19H28N2O4. The first-order valence-corrected chi connectivity index (χ1v) is 9.23. The van der Waals surface area contributed by atoms with Crippen molar-refractivity contribution in [2.24, 2.45) is 5.92 Å². The third-order valence-electron chi connectivity index (χ3n) is 5.38. The lowest BCUT2D eigenvalue weighted by atomic mass is 9.88. The molecule has 1 saturated heterocycles. The normalized spacial score (nSPS) is 27.7. The van der Waals surface area contributed by atoms with E-state index in [1.165, 1.54) is 0 Å². The van der Waals surface area contributed by atoms with E-state index in [2.05, 4.69) is 4.98 Å². The van der Waals surface area contributed by atoms with E-state index >= 15 is 0 Å². The summed E-state index contributed by atoms with van der Waals surface area (Å²) in [5, 5.41) is 10.8. The Morgan fingerprint density at radius 3 is 2.88 bits per heavy atom. The number of rotatable bonds is 5. The van der Waals surface area contributed by atoms with Crippen molar-refractivity contribution in [1.82, 2.24) is 9.88 Å². The number of carbonyl (C=O) groups excluding carboxylic acids is 1. The van der Waals surface area contributed by atoms with Crippen molar-refractivity contribution in [3.8, 4) is 5.75 Å². The minimum Gasteiger partial charge on any atom is -0.486 e. The van der Waals surface area contributed by atoms with Gasteiger partial charge in [-0.25, -0.2) is 0 Å². The highest BCUT2D eigenvalue weighted by Gasteiger charge is 2.37. The molecule has 3 rings (SSSR count). The molecule has 2 aliphatic rings. The van der Waals surface area contributed by atoms with E-state index < -0.39 is 6.10 Å². The van der Waals surface area contributed by atoms with Gasteiger partial charge in [0.15, 0.2) is 0 Å². The highest BCUT2D eigenvalue weighted by molar-refractivity contribution is 5.76. The zero-order valence-corrected chi connectivity index (χ0v) is 14.8. The Hall–Kier alpha value is -1.66. The van der Waals surface area contributed by atoms with Crippen molar-refractivity contribution in [2.75, 3.05) is 20.3 Å². The predicted octanol–water partition coefficient (Wildman–Crippen LogP) is 2.02. The minimum atomic E-state index is -0.683. The van der Waals surface area contributed by atoms with Gasteiger partial charge in [0, 0.05) is 32.9 Å². The number of pyridine rings is 1. The summed E-state index contributed by atoms with van der Waals surface area (Å²) in [5.74, 6) is 1.16.